The summed E-state index contributed by atoms with van der Waals surface area (Å²) in [6, 6.07) is 18.0. The molecule has 0 saturated heterocycles. The van der Waals surface area contributed by atoms with E-state index >= 15 is 0 Å². The molecule has 1 unspecified atom stereocenters. The van der Waals surface area contributed by atoms with Crippen molar-refractivity contribution >= 4 is 17.5 Å². The number of para-hydroxylation sites is 1. The van der Waals surface area contributed by atoms with Crippen molar-refractivity contribution in [2.75, 3.05) is 5.32 Å². The van der Waals surface area contributed by atoms with Gasteiger partial charge in [-0.15, -0.1) is 0 Å². The Hall–Kier alpha value is -2.62. The lowest BCUT2D eigenvalue weighted by atomic mass is 9.89. The van der Waals surface area contributed by atoms with E-state index in [1.54, 1.807) is 0 Å². The summed E-state index contributed by atoms with van der Waals surface area (Å²) in [7, 11) is 0. The highest BCUT2D eigenvalue weighted by molar-refractivity contribution is 6.01. The number of anilines is 1. The molecule has 1 N–H and O–H groups in total. The smallest absolute Gasteiger partial charge is 0.231 e. The summed E-state index contributed by atoms with van der Waals surface area (Å²) < 4.78 is 0. The van der Waals surface area contributed by atoms with Gasteiger partial charge in [-0.1, -0.05) is 48.5 Å². The zero-order chi connectivity index (χ0) is 16.5. The maximum atomic E-state index is 13.2. The monoisotopic (exact) mass is 320 g/mol. The number of nitrogens with one attached hydrogen (secondary N) is 1. The van der Waals surface area contributed by atoms with Crippen molar-refractivity contribution in [1.82, 2.24) is 4.90 Å². The van der Waals surface area contributed by atoms with Crippen molar-refractivity contribution in [2.45, 2.75) is 37.8 Å². The lowest BCUT2D eigenvalue weighted by molar-refractivity contribution is -0.136. The van der Waals surface area contributed by atoms with Gasteiger partial charge in [0.15, 0.2) is 0 Å². The van der Waals surface area contributed by atoms with Gasteiger partial charge in [-0.25, -0.2) is 0 Å². The molecule has 1 atom stereocenters. The molecule has 4 nitrogen and oxygen atoms in total. The molecule has 1 aliphatic heterocycles. The van der Waals surface area contributed by atoms with Gasteiger partial charge in [0.2, 0.25) is 11.8 Å². The van der Waals surface area contributed by atoms with E-state index in [9.17, 15) is 9.59 Å². The van der Waals surface area contributed by atoms with E-state index in [1.807, 2.05) is 59.5 Å². The van der Waals surface area contributed by atoms with Crippen LogP contribution in [0.3, 0.4) is 0 Å². The third kappa shape index (κ3) is 2.92. The van der Waals surface area contributed by atoms with Crippen molar-refractivity contribution in [1.29, 1.82) is 0 Å². The summed E-state index contributed by atoms with van der Waals surface area (Å²) >= 11 is 0. The van der Waals surface area contributed by atoms with Crippen LogP contribution in [0, 0.1) is 0 Å². The number of hydrogen-bond acceptors (Lipinski definition) is 2. The van der Waals surface area contributed by atoms with Crippen LogP contribution in [0.5, 0.6) is 0 Å². The molecule has 2 amide bonds. The molecule has 0 spiro atoms. The maximum absolute atomic E-state index is 13.2. The largest absolute Gasteiger partial charge is 0.335 e. The van der Waals surface area contributed by atoms with E-state index in [-0.39, 0.29) is 24.2 Å². The molecule has 122 valence electrons. The minimum absolute atomic E-state index is 0.0728. The summed E-state index contributed by atoms with van der Waals surface area (Å²) in [4.78, 5) is 27.2. The normalized spacial score (nSPS) is 19.3. The van der Waals surface area contributed by atoms with Crippen LogP contribution in [-0.4, -0.2) is 22.8 Å². The van der Waals surface area contributed by atoms with Gasteiger partial charge in [0.1, 0.15) is 0 Å². The van der Waals surface area contributed by atoms with Crippen LogP contribution >= 0.6 is 0 Å². The lowest BCUT2D eigenvalue weighted by Crippen LogP contribution is -2.39. The summed E-state index contributed by atoms with van der Waals surface area (Å²) in [6.07, 6.45) is 2.34. The van der Waals surface area contributed by atoms with Crippen LogP contribution in [0.4, 0.5) is 5.69 Å². The summed E-state index contributed by atoms with van der Waals surface area (Å²) in [5.41, 5.74) is 2.83. The van der Waals surface area contributed by atoms with E-state index in [0.29, 0.717) is 12.6 Å². The van der Waals surface area contributed by atoms with Gasteiger partial charge in [0.05, 0.1) is 5.92 Å². The number of rotatable bonds is 4. The van der Waals surface area contributed by atoms with E-state index in [2.05, 4.69) is 5.32 Å². The highest BCUT2D eigenvalue weighted by Gasteiger charge is 2.39. The van der Waals surface area contributed by atoms with Crippen molar-refractivity contribution in [3.8, 4) is 0 Å². The van der Waals surface area contributed by atoms with Gasteiger partial charge in [-0.3, -0.25) is 9.59 Å². The number of benzene rings is 2. The van der Waals surface area contributed by atoms with Gasteiger partial charge in [-0.05, 0) is 30.0 Å². The molecular weight excluding hydrogens is 300 g/mol. The fraction of sp³-hybridized carbons (Fsp3) is 0.300. The molecule has 1 saturated carbocycles. The Kier molecular flexibility index (Phi) is 3.81. The minimum Gasteiger partial charge on any atom is -0.335 e. The molecular formula is C20H20N2O2. The van der Waals surface area contributed by atoms with E-state index in [0.717, 1.165) is 29.7 Å². The Bertz CT molecular complexity index is 768. The van der Waals surface area contributed by atoms with Crippen molar-refractivity contribution in [3.63, 3.8) is 0 Å². The fourth-order valence-corrected chi connectivity index (χ4v) is 3.39. The standard InChI is InChI=1S/C20H20N2O2/c23-19-12-17(16-8-4-5-9-18(16)21-19)20(24)22(15-10-11-15)13-14-6-2-1-3-7-14/h1-9,15,17H,10-13H2,(H,21,23). The van der Waals surface area contributed by atoms with Gasteiger partial charge in [-0.2, -0.15) is 0 Å². The van der Waals surface area contributed by atoms with Crippen molar-refractivity contribution in [3.05, 3.63) is 65.7 Å². The van der Waals surface area contributed by atoms with Crippen LogP contribution < -0.4 is 5.32 Å². The van der Waals surface area contributed by atoms with Gasteiger partial charge >= 0.3 is 0 Å². The Morgan fingerprint density at radius 2 is 1.75 bits per heavy atom. The number of fused-ring (bicyclic) bond motifs is 1. The van der Waals surface area contributed by atoms with E-state index in [1.165, 1.54) is 0 Å². The molecule has 0 radical (unpaired) electrons. The first kappa shape index (κ1) is 14.9. The lowest BCUT2D eigenvalue weighted by Gasteiger charge is -2.31. The highest BCUT2D eigenvalue weighted by atomic mass is 16.2. The number of nitrogens with zero attached hydrogens (tertiary/aromatic N) is 1. The molecule has 2 aromatic rings. The third-order valence-corrected chi connectivity index (χ3v) is 4.76. The second-order valence-electron chi connectivity index (χ2n) is 6.58. The number of carbonyl (C=O) groups is 2. The SMILES string of the molecule is O=C1CC(C(=O)N(Cc2ccccc2)C2CC2)c2ccccc2N1. The molecule has 4 heteroatoms. The first-order chi connectivity index (χ1) is 11.7. The number of hydrogen-bond donors (Lipinski definition) is 1. The first-order valence-corrected chi connectivity index (χ1v) is 8.45. The highest BCUT2D eigenvalue weighted by Crippen LogP contribution is 2.37. The molecule has 1 fully saturated rings. The Labute approximate surface area is 141 Å². The average Bonchev–Trinajstić information content (AvgIpc) is 3.44. The molecule has 2 aromatic carbocycles. The van der Waals surface area contributed by atoms with Gasteiger partial charge < -0.3 is 10.2 Å². The second-order valence-corrected chi connectivity index (χ2v) is 6.58. The van der Waals surface area contributed by atoms with Crippen molar-refractivity contribution in [2.24, 2.45) is 0 Å². The van der Waals surface area contributed by atoms with Crippen LogP contribution in [0.15, 0.2) is 54.6 Å². The van der Waals surface area contributed by atoms with Crippen LogP contribution in [0.2, 0.25) is 0 Å². The van der Waals surface area contributed by atoms with Gasteiger partial charge in [0.25, 0.3) is 0 Å². The number of carbonyl (C=O) groups excluding carboxylic acids is 2. The Balaban J connectivity index is 1.62. The molecule has 4 rings (SSSR count). The third-order valence-electron chi connectivity index (χ3n) is 4.76. The Morgan fingerprint density at radius 1 is 1.04 bits per heavy atom. The topological polar surface area (TPSA) is 49.4 Å². The molecule has 0 bridgehead atoms. The molecule has 2 aliphatic rings. The molecule has 1 aliphatic carbocycles. The average molecular weight is 320 g/mol. The number of amides is 2. The minimum atomic E-state index is -0.376. The first-order valence-electron chi connectivity index (χ1n) is 8.45. The quantitative estimate of drug-likeness (QED) is 0.939. The second kappa shape index (κ2) is 6.11. The van der Waals surface area contributed by atoms with Crippen molar-refractivity contribution < 1.29 is 9.59 Å². The van der Waals surface area contributed by atoms with Crippen LogP contribution in [-0.2, 0) is 16.1 Å². The van der Waals surface area contributed by atoms with E-state index in [4.69, 9.17) is 0 Å². The van der Waals surface area contributed by atoms with Gasteiger partial charge in [0, 0.05) is 24.7 Å². The predicted octanol–water partition coefficient (Wildman–Crippen LogP) is 3.30. The maximum Gasteiger partial charge on any atom is 0.231 e. The predicted molar refractivity (Wildman–Crippen MR) is 92.4 cm³/mol. The summed E-state index contributed by atoms with van der Waals surface area (Å²) in [6.45, 7) is 0.616. The summed E-state index contributed by atoms with van der Waals surface area (Å²) in [5.74, 6) is -0.384. The Morgan fingerprint density at radius 3 is 2.50 bits per heavy atom. The molecule has 1 heterocycles. The molecule has 0 aromatic heterocycles. The molecule has 24 heavy (non-hydrogen) atoms. The zero-order valence-corrected chi connectivity index (χ0v) is 13.4. The summed E-state index contributed by atoms with van der Waals surface area (Å²) in [5, 5.41) is 2.87. The van der Waals surface area contributed by atoms with Crippen LogP contribution in [0.25, 0.3) is 0 Å². The zero-order valence-electron chi connectivity index (χ0n) is 13.4. The fourth-order valence-electron chi connectivity index (χ4n) is 3.39. The van der Waals surface area contributed by atoms with Crippen LogP contribution in [0.1, 0.15) is 36.3 Å². The van der Waals surface area contributed by atoms with E-state index < -0.39 is 0 Å².